The number of hydrogen-bond donors (Lipinski definition) is 0. The summed E-state index contributed by atoms with van der Waals surface area (Å²) in [5.74, 6) is 1.18. The second kappa shape index (κ2) is 9.88. The van der Waals surface area contributed by atoms with Gasteiger partial charge in [0.25, 0.3) is 0 Å². The van der Waals surface area contributed by atoms with Crippen molar-refractivity contribution in [1.82, 2.24) is 4.90 Å². The summed E-state index contributed by atoms with van der Waals surface area (Å²) in [5, 5.41) is 0. The van der Waals surface area contributed by atoms with Crippen LogP contribution in [-0.4, -0.2) is 23.2 Å². The second-order valence-corrected chi connectivity index (χ2v) is 7.19. The van der Waals surface area contributed by atoms with Crippen molar-refractivity contribution in [3.05, 3.63) is 47.5 Å². The van der Waals surface area contributed by atoms with Gasteiger partial charge in [-0.25, -0.2) is 0 Å². The van der Waals surface area contributed by atoms with Crippen LogP contribution in [0.4, 0.5) is 0 Å². The molecule has 2 unspecified atom stereocenters. The van der Waals surface area contributed by atoms with Crippen molar-refractivity contribution in [2.24, 2.45) is 5.92 Å². The zero-order chi connectivity index (χ0) is 17.4. The van der Waals surface area contributed by atoms with Gasteiger partial charge in [-0.15, -0.1) is 11.6 Å². The Kier molecular flexibility index (Phi) is 7.84. The van der Waals surface area contributed by atoms with Gasteiger partial charge in [-0.2, -0.15) is 0 Å². The Morgan fingerprint density at radius 3 is 2.79 bits per heavy atom. The quantitative estimate of drug-likeness (QED) is 0.334. The summed E-state index contributed by atoms with van der Waals surface area (Å²) in [6.45, 7) is 5.11. The minimum Gasteiger partial charge on any atom is -0.336 e. The molecule has 1 amide bonds. The predicted octanol–water partition coefficient (Wildman–Crippen LogP) is 5.73. The summed E-state index contributed by atoms with van der Waals surface area (Å²) < 4.78 is 0. The fourth-order valence-corrected chi connectivity index (χ4v) is 3.59. The van der Waals surface area contributed by atoms with Gasteiger partial charge in [-0.3, -0.25) is 4.79 Å². The lowest BCUT2D eigenvalue weighted by Crippen LogP contribution is -2.42. The van der Waals surface area contributed by atoms with Crippen molar-refractivity contribution in [3.63, 3.8) is 0 Å². The van der Waals surface area contributed by atoms with Crippen LogP contribution < -0.4 is 0 Å². The summed E-state index contributed by atoms with van der Waals surface area (Å²) in [5.41, 5.74) is 2.47. The summed E-state index contributed by atoms with van der Waals surface area (Å²) in [6, 6.07) is 10.5. The molecule has 1 aliphatic rings. The second-order valence-electron chi connectivity index (χ2n) is 6.93. The normalized spacial score (nSPS) is 20.3. The predicted molar refractivity (Wildman–Crippen MR) is 102 cm³/mol. The number of carbonyl (C=O) groups is 1. The molecular formula is C21H30ClNO. The highest BCUT2D eigenvalue weighted by Crippen LogP contribution is 2.30. The Morgan fingerprint density at radius 1 is 1.33 bits per heavy atom. The van der Waals surface area contributed by atoms with Gasteiger partial charge in [0.1, 0.15) is 0 Å². The van der Waals surface area contributed by atoms with Crippen LogP contribution in [0, 0.1) is 5.92 Å². The van der Waals surface area contributed by atoms with Crippen molar-refractivity contribution >= 4 is 17.5 Å². The Morgan fingerprint density at radius 2 is 2.08 bits per heavy atom. The molecule has 1 aliphatic heterocycles. The molecule has 1 heterocycles. The number of amides is 1. The van der Waals surface area contributed by atoms with Crippen LogP contribution in [0.25, 0.3) is 0 Å². The third kappa shape index (κ3) is 5.37. The Bertz CT molecular complexity index is 540. The van der Waals surface area contributed by atoms with Crippen LogP contribution in [0.2, 0.25) is 0 Å². The van der Waals surface area contributed by atoms with Gasteiger partial charge in [-0.1, -0.05) is 48.4 Å². The number of nitrogens with zero attached hydrogens (tertiary/aromatic N) is 1. The molecule has 1 aromatic carbocycles. The highest BCUT2D eigenvalue weighted by molar-refractivity contribution is 6.19. The van der Waals surface area contributed by atoms with E-state index in [0.717, 1.165) is 45.1 Å². The maximum atomic E-state index is 12.9. The topological polar surface area (TPSA) is 20.3 Å². The van der Waals surface area contributed by atoms with Crippen LogP contribution in [0.5, 0.6) is 0 Å². The molecule has 1 saturated heterocycles. The molecule has 2 atom stereocenters. The lowest BCUT2D eigenvalue weighted by atomic mass is 9.90. The Balaban J connectivity index is 1.84. The molecule has 2 nitrogen and oxygen atoms in total. The van der Waals surface area contributed by atoms with Crippen molar-refractivity contribution < 1.29 is 4.79 Å². The molecule has 0 spiro atoms. The molecule has 2 rings (SSSR count). The van der Waals surface area contributed by atoms with Crippen LogP contribution in [0.1, 0.15) is 64.0 Å². The first kappa shape index (κ1) is 19.1. The summed E-state index contributed by atoms with van der Waals surface area (Å²) >= 11 is 5.78. The molecule has 0 aromatic heterocycles. The van der Waals surface area contributed by atoms with Crippen molar-refractivity contribution in [3.8, 4) is 0 Å². The molecule has 1 aromatic rings. The number of allylic oxidation sites excluding steroid dienone is 2. The van der Waals surface area contributed by atoms with E-state index < -0.39 is 0 Å². The first-order valence-electron chi connectivity index (χ1n) is 9.20. The minimum atomic E-state index is 0.177. The SMILES string of the molecule is C/C(=C/CCCCC1CCCN(C(C)c2ccccc2)C1=O)CCl. The number of unbranched alkanes of at least 4 members (excludes halogenated alkanes) is 2. The van der Waals surface area contributed by atoms with Crippen LogP contribution >= 0.6 is 11.6 Å². The Hall–Kier alpha value is -1.28. The third-order valence-electron chi connectivity index (χ3n) is 5.04. The molecule has 0 saturated carbocycles. The number of carbonyl (C=O) groups excluding carboxylic acids is 1. The molecule has 0 radical (unpaired) electrons. The van der Waals surface area contributed by atoms with Crippen molar-refractivity contribution in [2.75, 3.05) is 12.4 Å². The largest absolute Gasteiger partial charge is 0.336 e. The van der Waals surface area contributed by atoms with E-state index in [2.05, 4.69) is 37.0 Å². The summed E-state index contributed by atoms with van der Waals surface area (Å²) in [4.78, 5) is 14.9. The van der Waals surface area contributed by atoms with E-state index in [1.54, 1.807) is 0 Å². The van der Waals surface area contributed by atoms with E-state index in [-0.39, 0.29) is 12.0 Å². The van der Waals surface area contributed by atoms with Crippen LogP contribution in [-0.2, 0) is 4.79 Å². The summed E-state index contributed by atoms with van der Waals surface area (Å²) in [7, 11) is 0. The molecule has 3 heteroatoms. The fourth-order valence-electron chi connectivity index (χ4n) is 3.48. The fraction of sp³-hybridized carbons (Fsp3) is 0.571. The highest BCUT2D eigenvalue weighted by Gasteiger charge is 2.31. The molecule has 0 N–H and O–H groups in total. The molecular weight excluding hydrogens is 318 g/mol. The van der Waals surface area contributed by atoms with E-state index in [9.17, 15) is 4.79 Å². The third-order valence-corrected chi connectivity index (χ3v) is 5.47. The average Bonchev–Trinajstić information content (AvgIpc) is 2.62. The highest BCUT2D eigenvalue weighted by atomic mass is 35.5. The van der Waals surface area contributed by atoms with Crippen LogP contribution in [0.15, 0.2) is 42.0 Å². The molecule has 132 valence electrons. The van der Waals surface area contributed by atoms with Gasteiger partial charge in [-0.05, 0) is 51.5 Å². The first-order chi connectivity index (χ1) is 11.6. The number of hydrogen-bond acceptors (Lipinski definition) is 1. The lowest BCUT2D eigenvalue weighted by Gasteiger charge is -2.37. The number of piperidine rings is 1. The molecule has 0 bridgehead atoms. The van der Waals surface area contributed by atoms with Gasteiger partial charge >= 0.3 is 0 Å². The number of halogens is 1. The molecule has 0 aliphatic carbocycles. The molecule has 1 fully saturated rings. The van der Waals surface area contributed by atoms with Crippen molar-refractivity contribution in [2.45, 2.75) is 58.4 Å². The van der Waals surface area contributed by atoms with Gasteiger partial charge < -0.3 is 4.90 Å². The number of benzene rings is 1. The molecule has 24 heavy (non-hydrogen) atoms. The van der Waals surface area contributed by atoms with Gasteiger partial charge in [0.2, 0.25) is 5.91 Å². The maximum Gasteiger partial charge on any atom is 0.226 e. The van der Waals surface area contributed by atoms with Gasteiger partial charge in [0, 0.05) is 18.3 Å². The zero-order valence-electron chi connectivity index (χ0n) is 15.0. The zero-order valence-corrected chi connectivity index (χ0v) is 15.8. The summed E-state index contributed by atoms with van der Waals surface area (Å²) in [6.07, 6.45) is 8.75. The number of likely N-dealkylation sites (tertiary alicyclic amines) is 1. The number of alkyl halides is 1. The number of rotatable bonds is 8. The van der Waals surface area contributed by atoms with E-state index >= 15 is 0 Å². The minimum absolute atomic E-state index is 0.177. The van der Waals surface area contributed by atoms with E-state index in [1.807, 2.05) is 18.2 Å². The van der Waals surface area contributed by atoms with Gasteiger partial charge in [0.05, 0.1) is 6.04 Å². The van der Waals surface area contributed by atoms with E-state index in [1.165, 1.54) is 11.1 Å². The lowest BCUT2D eigenvalue weighted by molar-refractivity contribution is -0.141. The first-order valence-corrected chi connectivity index (χ1v) is 9.74. The Labute approximate surface area is 151 Å². The van der Waals surface area contributed by atoms with Crippen molar-refractivity contribution in [1.29, 1.82) is 0 Å². The van der Waals surface area contributed by atoms with E-state index in [4.69, 9.17) is 11.6 Å². The standard InChI is InChI=1S/C21H30ClNO/c1-17(16-22)10-5-3-8-13-20-14-9-15-23(21(20)24)18(2)19-11-6-4-7-12-19/h4,6-7,10-12,18,20H,3,5,8-9,13-16H2,1-2H3/b17-10-. The smallest absolute Gasteiger partial charge is 0.226 e. The maximum absolute atomic E-state index is 12.9. The average molecular weight is 348 g/mol. The van der Waals surface area contributed by atoms with Crippen LogP contribution in [0.3, 0.4) is 0 Å². The monoisotopic (exact) mass is 347 g/mol. The van der Waals surface area contributed by atoms with Gasteiger partial charge in [0.15, 0.2) is 0 Å². The van der Waals surface area contributed by atoms with E-state index in [0.29, 0.717) is 11.8 Å².